The molecular formula is C20H20F3N5OS2. The van der Waals surface area contributed by atoms with Gasteiger partial charge in [0.1, 0.15) is 0 Å². The van der Waals surface area contributed by atoms with Gasteiger partial charge in [0.2, 0.25) is 11.7 Å². The average molecular weight is 468 g/mol. The highest BCUT2D eigenvalue weighted by Gasteiger charge is 2.37. The number of rotatable bonds is 6. The van der Waals surface area contributed by atoms with Gasteiger partial charge in [0.05, 0.1) is 18.0 Å². The van der Waals surface area contributed by atoms with Crippen LogP contribution in [-0.2, 0) is 37.4 Å². The van der Waals surface area contributed by atoms with Gasteiger partial charge in [0.25, 0.3) is 0 Å². The Morgan fingerprint density at radius 3 is 2.61 bits per heavy atom. The fourth-order valence-corrected chi connectivity index (χ4v) is 5.33. The SMILES string of the molecule is Cn1c(SCC(=O)N(Cc2ccccc2)c2nc3c(s2)CCCC3)nnc1C(F)(F)F. The molecule has 1 aliphatic carbocycles. The number of fused-ring (bicyclic) bond motifs is 1. The number of hydrogen-bond donors (Lipinski definition) is 0. The first kappa shape index (κ1) is 21.8. The molecule has 4 rings (SSSR count). The van der Waals surface area contributed by atoms with Crippen LogP contribution in [0.25, 0.3) is 0 Å². The summed E-state index contributed by atoms with van der Waals surface area (Å²) < 4.78 is 39.7. The van der Waals surface area contributed by atoms with Crippen LogP contribution in [0.1, 0.15) is 34.8 Å². The van der Waals surface area contributed by atoms with Gasteiger partial charge in [0.15, 0.2) is 10.3 Å². The largest absolute Gasteiger partial charge is 0.451 e. The van der Waals surface area contributed by atoms with Crippen molar-refractivity contribution in [1.29, 1.82) is 0 Å². The molecule has 6 nitrogen and oxygen atoms in total. The number of carbonyl (C=O) groups excluding carboxylic acids is 1. The topological polar surface area (TPSA) is 63.9 Å². The van der Waals surface area contributed by atoms with Crippen LogP contribution < -0.4 is 4.90 Å². The molecule has 0 saturated heterocycles. The number of anilines is 1. The molecule has 1 aromatic carbocycles. The van der Waals surface area contributed by atoms with E-state index in [2.05, 4.69) is 10.2 Å². The number of carbonyl (C=O) groups is 1. The van der Waals surface area contributed by atoms with Gasteiger partial charge in [-0.05, 0) is 31.2 Å². The fourth-order valence-electron chi connectivity index (χ4n) is 3.37. The molecule has 0 fully saturated rings. The van der Waals surface area contributed by atoms with Crippen molar-refractivity contribution in [3.8, 4) is 0 Å². The summed E-state index contributed by atoms with van der Waals surface area (Å²) in [6, 6.07) is 9.56. The predicted octanol–water partition coefficient (Wildman–Crippen LogP) is 4.49. The van der Waals surface area contributed by atoms with Gasteiger partial charge in [0, 0.05) is 11.9 Å². The summed E-state index contributed by atoms with van der Waals surface area (Å²) in [4.78, 5) is 20.7. The van der Waals surface area contributed by atoms with Crippen LogP contribution in [0.3, 0.4) is 0 Å². The number of thioether (sulfide) groups is 1. The second-order valence-corrected chi connectivity index (χ2v) is 9.20. The minimum Gasteiger partial charge on any atom is -0.302 e. The molecule has 0 atom stereocenters. The van der Waals surface area contributed by atoms with E-state index in [1.807, 2.05) is 30.3 Å². The summed E-state index contributed by atoms with van der Waals surface area (Å²) in [5.74, 6) is -1.39. The molecule has 0 N–H and O–H groups in total. The van der Waals surface area contributed by atoms with Crippen molar-refractivity contribution in [2.45, 2.75) is 43.6 Å². The van der Waals surface area contributed by atoms with Crippen molar-refractivity contribution in [2.75, 3.05) is 10.7 Å². The smallest absolute Gasteiger partial charge is 0.302 e. The molecule has 164 valence electrons. The molecule has 2 heterocycles. The molecule has 1 aliphatic rings. The number of amides is 1. The van der Waals surface area contributed by atoms with Crippen LogP contribution in [0, 0.1) is 0 Å². The van der Waals surface area contributed by atoms with Gasteiger partial charge in [-0.25, -0.2) is 4.98 Å². The number of hydrogen-bond acceptors (Lipinski definition) is 6. The number of alkyl halides is 3. The average Bonchev–Trinajstić information content (AvgIpc) is 3.34. The summed E-state index contributed by atoms with van der Waals surface area (Å²) in [6.45, 7) is 0.346. The summed E-state index contributed by atoms with van der Waals surface area (Å²) in [5, 5.41) is 7.48. The molecule has 31 heavy (non-hydrogen) atoms. The number of thiazole rings is 1. The maximum absolute atomic E-state index is 13.1. The molecule has 11 heteroatoms. The fraction of sp³-hybridized carbons (Fsp3) is 0.400. The van der Waals surface area contributed by atoms with E-state index in [0.717, 1.165) is 53.3 Å². The zero-order valence-corrected chi connectivity index (χ0v) is 18.4. The summed E-state index contributed by atoms with van der Waals surface area (Å²) in [6.07, 6.45) is -0.511. The van der Waals surface area contributed by atoms with Gasteiger partial charge in [-0.3, -0.25) is 9.69 Å². The van der Waals surface area contributed by atoms with E-state index >= 15 is 0 Å². The van der Waals surface area contributed by atoms with Crippen molar-refractivity contribution >= 4 is 34.1 Å². The van der Waals surface area contributed by atoms with Crippen molar-refractivity contribution in [3.63, 3.8) is 0 Å². The Hall–Kier alpha value is -2.40. The molecule has 0 aliphatic heterocycles. The monoisotopic (exact) mass is 467 g/mol. The Morgan fingerprint density at radius 1 is 1.19 bits per heavy atom. The van der Waals surface area contributed by atoms with Gasteiger partial charge in [-0.1, -0.05) is 42.1 Å². The normalized spacial score (nSPS) is 13.8. The highest BCUT2D eigenvalue weighted by atomic mass is 32.2. The Kier molecular flexibility index (Phi) is 6.33. The summed E-state index contributed by atoms with van der Waals surface area (Å²) in [7, 11) is 1.24. The number of halogens is 3. The molecule has 3 aromatic rings. The van der Waals surface area contributed by atoms with E-state index in [1.165, 1.54) is 23.3 Å². The second-order valence-electron chi connectivity index (χ2n) is 7.19. The van der Waals surface area contributed by atoms with Gasteiger partial charge < -0.3 is 4.57 Å². The van der Waals surface area contributed by atoms with Crippen molar-refractivity contribution in [2.24, 2.45) is 7.05 Å². The zero-order valence-electron chi connectivity index (χ0n) is 16.7. The Labute approximate surface area is 185 Å². The summed E-state index contributed by atoms with van der Waals surface area (Å²) in [5.41, 5.74) is 2.00. The van der Waals surface area contributed by atoms with Crippen LogP contribution >= 0.6 is 23.1 Å². The van der Waals surface area contributed by atoms with E-state index in [1.54, 1.807) is 4.90 Å². The number of nitrogens with zero attached hydrogens (tertiary/aromatic N) is 5. The van der Waals surface area contributed by atoms with Crippen molar-refractivity contribution in [1.82, 2.24) is 19.7 Å². The lowest BCUT2D eigenvalue weighted by molar-refractivity contribution is -0.147. The van der Waals surface area contributed by atoms with Crippen LogP contribution in [-0.4, -0.2) is 31.4 Å². The lowest BCUT2D eigenvalue weighted by Gasteiger charge is -2.20. The molecule has 2 aromatic heterocycles. The predicted molar refractivity (Wildman–Crippen MR) is 113 cm³/mol. The highest BCUT2D eigenvalue weighted by molar-refractivity contribution is 7.99. The van der Waals surface area contributed by atoms with E-state index in [9.17, 15) is 18.0 Å². The number of benzene rings is 1. The van der Waals surface area contributed by atoms with Crippen molar-refractivity contribution < 1.29 is 18.0 Å². The number of aromatic nitrogens is 4. The Balaban J connectivity index is 1.54. The standard InChI is InChI=1S/C20H20F3N5OS2/c1-27-17(20(21,22)23)25-26-19(27)30-12-16(29)28(11-13-7-3-2-4-8-13)18-24-14-9-5-6-10-15(14)31-18/h2-4,7-8H,5-6,9-12H2,1H3. The molecular weight excluding hydrogens is 447 g/mol. The van der Waals surface area contributed by atoms with Gasteiger partial charge >= 0.3 is 6.18 Å². The highest BCUT2D eigenvalue weighted by Crippen LogP contribution is 2.34. The van der Waals surface area contributed by atoms with E-state index in [0.29, 0.717) is 11.7 Å². The molecule has 1 amide bonds. The van der Waals surface area contributed by atoms with Crippen LogP contribution in [0.2, 0.25) is 0 Å². The lowest BCUT2D eigenvalue weighted by atomic mass is 10.0. The van der Waals surface area contributed by atoms with E-state index in [-0.39, 0.29) is 16.8 Å². The van der Waals surface area contributed by atoms with Crippen LogP contribution in [0.5, 0.6) is 0 Å². The van der Waals surface area contributed by atoms with Crippen LogP contribution in [0.15, 0.2) is 35.5 Å². The van der Waals surface area contributed by atoms with E-state index in [4.69, 9.17) is 4.98 Å². The van der Waals surface area contributed by atoms with Gasteiger partial charge in [-0.2, -0.15) is 13.2 Å². The van der Waals surface area contributed by atoms with E-state index < -0.39 is 12.0 Å². The second kappa shape index (κ2) is 8.99. The lowest BCUT2D eigenvalue weighted by Crippen LogP contribution is -2.32. The van der Waals surface area contributed by atoms with Crippen LogP contribution in [0.4, 0.5) is 18.3 Å². The Morgan fingerprint density at radius 2 is 1.94 bits per heavy atom. The third-order valence-electron chi connectivity index (χ3n) is 4.96. The molecule has 0 saturated carbocycles. The Bertz CT molecular complexity index is 1040. The quantitative estimate of drug-likeness (QED) is 0.500. The maximum atomic E-state index is 13.1. The summed E-state index contributed by atoms with van der Waals surface area (Å²) >= 11 is 2.46. The molecule has 0 bridgehead atoms. The third-order valence-corrected chi connectivity index (χ3v) is 7.15. The van der Waals surface area contributed by atoms with Crippen molar-refractivity contribution in [3.05, 3.63) is 52.3 Å². The molecule has 0 unspecified atom stereocenters. The first-order valence-corrected chi connectivity index (χ1v) is 11.6. The minimum atomic E-state index is -4.59. The molecule has 0 spiro atoms. The molecule has 0 radical (unpaired) electrons. The third kappa shape index (κ3) is 4.93. The zero-order chi connectivity index (χ0) is 22.0. The minimum absolute atomic E-state index is 0.0405. The maximum Gasteiger partial charge on any atom is 0.451 e. The van der Waals surface area contributed by atoms with Gasteiger partial charge in [-0.15, -0.1) is 21.5 Å². The first-order chi connectivity index (χ1) is 14.8. The number of aryl methyl sites for hydroxylation is 2. The first-order valence-electron chi connectivity index (χ1n) is 9.75.